The van der Waals surface area contributed by atoms with Gasteiger partial charge in [-0.2, -0.15) is 0 Å². The number of carbonyl (C=O) groups is 1. The van der Waals surface area contributed by atoms with Gasteiger partial charge in [0.05, 0.1) is 11.2 Å². The van der Waals surface area contributed by atoms with Gasteiger partial charge in [0, 0.05) is 19.0 Å². The summed E-state index contributed by atoms with van der Waals surface area (Å²) in [5.41, 5.74) is 1.43. The van der Waals surface area contributed by atoms with Crippen LogP contribution in [0.2, 0.25) is 0 Å². The van der Waals surface area contributed by atoms with Crippen molar-refractivity contribution in [1.29, 1.82) is 0 Å². The molecule has 1 aromatic carbocycles. The lowest BCUT2D eigenvalue weighted by Crippen LogP contribution is -2.24. The second kappa shape index (κ2) is 4.50. The highest BCUT2D eigenvalue weighted by atomic mass is 16.4. The average molecular weight is 257 g/mol. The maximum Gasteiger partial charge on any atom is 0.358 e. The van der Waals surface area contributed by atoms with Crippen LogP contribution in [0.15, 0.2) is 24.3 Å². The molecule has 0 amide bonds. The number of carboxylic acid groups (broad SMARTS) is 1. The van der Waals surface area contributed by atoms with Crippen LogP contribution in [0, 0.1) is 5.92 Å². The predicted octanol–water partition coefficient (Wildman–Crippen LogP) is 2.17. The molecule has 2 aromatic rings. The fraction of sp³-hybridized carbons (Fsp3) is 0.357. The summed E-state index contributed by atoms with van der Waals surface area (Å²) >= 11 is 0. The van der Waals surface area contributed by atoms with Gasteiger partial charge in [-0.3, -0.25) is 0 Å². The highest BCUT2D eigenvalue weighted by Gasteiger charge is 2.26. The van der Waals surface area contributed by atoms with Gasteiger partial charge in [0.1, 0.15) is 0 Å². The third-order valence-corrected chi connectivity index (χ3v) is 3.45. The summed E-state index contributed by atoms with van der Waals surface area (Å²) in [6, 6.07) is 7.52. The molecular formula is C14H15N3O2. The van der Waals surface area contributed by atoms with Crippen LogP contribution in [0.5, 0.6) is 0 Å². The van der Waals surface area contributed by atoms with E-state index in [1.165, 1.54) is 12.8 Å². The van der Waals surface area contributed by atoms with E-state index in [1.54, 1.807) is 0 Å². The Morgan fingerprint density at radius 3 is 2.79 bits per heavy atom. The van der Waals surface area contributed by atoms with Crippen LogP contribution in [0.25, 0.3) is 10.9 Å². The molecule has 1 saturated carbocycles. The number of aromatic nitrogens is 2. The number of hydrogen-bond donors (Lipinski definition) is 1. The Morgan fingerprint density at radius 2 is 2.11 bits per heavy atom. The van der Waals surface area contributed by atoms with Gasteiger partial charge in [-0.1, -0.05) is 18.2 Å². The van der Waals surface area contributed by atoms with E-state index in [2.05, 4.69) is 10.2 Å². The van der Waals surface area contributed by atoms with Crippen molar-refractivity contribution in [1.82, 2.24) is 10.2 Å². The molecule has 1 fully saturated rings. The summed E-state index contributed by atoms with van der Waals surface area (Å²) in [5.74, 6) is -0.352. The van der Waals surface area contributed by atoms with Crippen molar-refractivity contribution in [2.45, 2.75) is 12.8 Å². The molecule has 5 nitrogen and oxygen atoms in total. The number of benzene rings is 1. The normalized spacial score (nSPS) is 14.6. The van der Waals surface area contributed by atoms with Gasteiger partial charge >= 0.3 is 5.97 Å². The van der Waals surface area contributed by atoms with Gasteiger partial charge < -0.3 is 10.0 Å². The first-order valence-electron chi connectivity index (χ1n) is 6.36. The van der Waals surface area contributed by atoms with E-state index in [1.807, 2.05) is 36.2 Å². The zero-order valence-corrected chi connectivity index (χ0v) is 10.7. The minimum atomic E-state index is -1.03. The quantitative estimate of drug-likeness (QED) is 0.909. The minimum Gasteiger partial charge on any atom is -0.476 e. The number of rotatable bonds is 4. The Bertz CT molecular complexity index is 638. The largest absolute Gasteiger partial charge is 0.476 e. The van der Waals surface area contributed by atoms with Gasteiger partial charge in [0.2, 0.25) is 0 Å². The molecule has 0 radical (unpaired) electrons. The fourth-order valence-corrected chi connectivity index (χ4v) is 2.35. The molecule has 1 aromatic heterocycles. The second-order valence-electron chi connectivity index (χ2n) is 5.04. The lowest BCUT2D eigenvalue weighted by Gasteiger charge is -2.21. The summed E-state index contributed by atoms with van der Waals surface area (Å²) in [6.07, 6.45) is 2.45. The number of carboxylic acids is 1. The molecule has 1 N–H and O–H groups in total. The highest BCUT2D eigenvalue weighted by Crippen LogP contribution is 2.33. The van der Waals surface area contributed by atoms with E-state index < -0.39 is 5.97 Å². The molecule has 5 heteroatoms. The first-order valence-corrected chi connectivity index (χ1v) is 6.36. The minimum absolute atomic E-state index is 0.0295. The molecule has 0 atom stereocenters. The molecule has 98 valence electrons. The molecule has 1 heterocycles. The first kappa shape index (κ1) is 11.9. The standard InChI is InChI=1S/C14H15N3O2/c1-17(8-9-6-7-9)13-10-4-2-3-5-11(10)15-16-12(13)14(18)19/h2-5,9H,6-8H2,1H3,(H,18,19). The Labute approximate surface area is 110 Å². The third-order valence-electron chi connectivity index (χ3n) is 3.45. The third kappa shape index (κ3) is 2.23. The summed E-state index contributed by atoms with van der Waals surface area (Å²) < 4.78 is 0. The van der Waals surface area contributed by atoms with Crippen LogP contribution in [-0.4, -0.2) is 34.9 Å². The van der Waals surface area contributed by atoms with Gasteiger partial charge in [-0.15, -0.1) is 10.2 Å². The molecule has 0 unspecified atom stereocenters. The van der Waals surface area contributed by atoms with Crippen molar-refractivity contribution < 1.29 is 9.90 Å². The van der Waals surface area contributed by atoms with Crippen LogP contribution in [0.4, 0.5) is 5.69 Å². The smallest absolute Gasteiger partial charge is 0.358 e. The van der Waals surface area contributed by atoms with E-state index in [-0.39, 0.29) is 5.69 Å². The molecule has 3 rings (SSSR count). The maximum absolute atomic E-state index is 11.3. The van der Waals surface area contributed by atoms with Crippen molar-refractivity contribution in [3.63, 3.8) is 0 Å². The molecular weight excluding hydrogens is 242 g/mol. The van der Waals surface area contributed by atoms with Crippen LogP contribution >= 0.6 is 0 Å². The van der Waals surface area contributed by atoms with Crippen LogP contribution in [0.3, 0.4) is 0 Å². The number of hydrogen-bond acceptors (Lipinski definition) is 4. The number of aromatic carboxylic acids is 1. The SMILES string of the molecule is CN(CC1CC1)c1c(C(=O)O)nnc2ccccc12. The summed E-state index contributed by atoms with van der Waals surface area (Å²) in [6.45, 7) is 0.871. The highest BCUT2D eigenvalue weighted by molar-refractivity contribution is 6.02. The van der Waals surface area contributed by atoms with Gasteiger partial charge in [-0.25, -0.2) is 4.79 Å². The Hall–Kier alpha value is -2.17. The zero-order valence-electron chi connectivity index (χ0n) is 10.7. The molecule has 19 heavy (non-hydrogen) atoms. The second-order valence-corrected chi connectivity index (χ2v) is 5.04. The summed E-state index contributed by atoms with van der Waals surface area (Å²) in [5, 5.41) is 18.0. The molecule has 0 saturated heterocycles. The van der Waals surface area contributed by atoms with E-state index in [9.17, 15) is 9.90 Å². The van der Waals surface area contributed by atoms with E-state index in [0.717, 1.165) is 17.4 Å². The first-order chi connectivity index (χ1) is 9.16. The topological polar surface area (TPSA) is 66.3 Å². The van der Waals surface area contributed by atoms with Gasteiger partial charge in [0.15, 0.2) is 5.69 Å². The van der Waals surface area contributed by atoms with Crippen molar-refractivity contribution in [2.24, 2.45) is 5.92 Å². The number of nitrogens with zero attached hydrogens (tertiary/aromatic N) is 3. The van der Waals surface area contributed by atoms with E-state index in [0.29, 0.717) is 11.6 Å². The van der Waals surface area contributed by atoms with Gasteiger partial charge in [-0.05, 0) is 24.8 Å². The van der Waals surface area contributed by atoms with Crippen molar-refractivity contribution in [3.8, 4) is 0 Å². The molecule has 0 bridgehead atoms. The summed E-state index contributed by atoms with van der Waals surface area (Å²) in [4.78, 5) is 13.3. The average Bonchev–Trinajstić information content (AvgIpc) is 3.21. The fourth-order valence-electron chi connectivity index (χ4n) is 2.35. The van der Waals surface area contributed by atoms with Crippen LogP contribution in [-0.2, 0) is 0 Å². The predicted molar refractivity (Wildman–Crippen MR) is 72.5 cm³/mol. The molecule has 0 spiro atoms. The monoisotopic (exact) mass is 257 g/mol. The van der Waals surface area contributed by atoms with Crippen LogP contribution in [0.1, 0.15) is 23.3 Å². The van der Waals surface area contributed by atoms with Crippen molar-refractivity contribution >= 4 is 22.6 Å². The summed E-state index contributed by atoms with van der Waals surface area (Å²) in [7, 11) is 1.92. The number of fused-ring (bicyclic) bond motifs is 1. The Morgan fingerprint density at radius 1 is 1.37 bits per heavy atom. The van der Waals surface area contributed by atoms with Gasteiger partial charge in [0.25, 0.3) is 0 Å². The van der Waals surface area contributed by atoms with Crippen molar-refractivity contribution in [3.05, 3.63) is 30.0 Å². The lowest BCUT2D eigenvalue weighted by molar-refractivity contribution is 0.0690. The van der Waals surface area contributed by atoms with Crippen LogP contribution < -0.4 is 4.90 Å². The zero-order chi connectivity index (χ0) is 13.4. The van der Waals surface area contributed by atoms with Crippen molar-refractivity contribution in [2.75, 3.05) is 18.5 Å². The maximum atomic E-state index is 11.3. The Kier molecular flexibility index (Phi) is 2.81. The van der Waals surface area contributed by atoms with E-state index in [4.69, 9.17) is 0 Å². The Balaban J connectivity index is 2.15. The number of anilines is 1. The van der Waals surface area contributed by atoms with E-state index >= 15 is 0 Å². The lowest BCUT2D eigenvalue weighted by atomic mass is 10.1. The molecule has 1 aliphatic rings. The molecule has 1 aliphatic carbocycles. The molecule has 0 aliphatic heterocycles.